The number of para-hydroxylation sites is 1. The fourth-order valence-corrected chi connectivity index (χ4v) is 3.50. The molecule has 0 saturated heterocycles. The molecule has 3 aromatic rings. The molecule has 4 rings (SSSR count). The summed E-state index contributed by atoms with van der Waals surface area (Å²) in [7, 11) is 0. The molecule has 0 atom stereocenters. The van der Waals surface area contributed by atoms with E-state index in [1.807, 2.05) is 42.5 Å². The maximum absolute atomic E-state index is 12.6. The van der Waals surface area contributed by atoms with Gasteiger partial charge in [0.1, 0.15) is 6.54 Å². The van der Waals surface area contributed by atoms with E-state index in [2.05, 4.69) is 10.6 Å². The number of nitro benzene ring substituents is 1. The molecular formula is C23H20N4O4. The van der Waals surface area contributed by atoms with Crippen LogP contribution in [0.4, 0.5) is 28.4 Å². The number of hydrogen-bond donors (Lipinski definition) is 2. The lowest BCUT2D eigenvalue weighted by molar-refractivity contribution is -0.384. The predicted octanol–water partition coefficient (Wildman–Crippen LogP) is 4.26. The Balaban J connectivity index is 1.42. The fourth-order valence-electron chi connectivity index (χ4n) is 3.50. The Kier molecular flexibility index (Phi) is 5.61. The normalized spacial score (nSPS) is 12.8. The number of nitrogens with one attached hydrogen (secondary N) is 2. The number of rotatable bonds is 6. The highest BCUT2D eigenvalue weighted by Crippen LogP contribution is 2.31. The molecule has 31 heavy (non-hydrogen) atoms. The van der Waals surface area contributed by atoms with Crippen molar-refractivity contribution in [1.29, 1.82) is 0 Å². The van der Waals surface area contributed by atoms with E-state index in [0.29, 0.717) is 23.4 Å². The second kappa shape index (κ2) is 8.66. The van der Waals surface area contributed by atoms with Gasteiger partial charge in [-0.25, -0.2) is 0 Å². The summed E-state index contributed by atoms with van der Waals surface area (Å²) in [6.07, 6.45) is 0.630. The van der Waals surface area contributed by atoms with Crippen LogP contribution in [0.25, 0.3) is 0 Å². The zero-order valence-corrected chi connectivity index (χ0v) is 16.6. The monoisotopic (exact) mass is 416 g/mol. The highest BCUT2D eigenvalue weighted by atomic mass is 16.6. The Labute approximate surface area is 178 Å². The Morgan fingerprint density at radius 3 is 2.32 bits per heavy atom. The molecule has 8 nitrogen and oxygen atoms in total. The lowest BCUT2D eigenvalue weighted by Crippen LogP contribution is -2.40. The van der Waals surface area contributed by atoms with Gasteiger partial charge in [0.2, 0.25) is 11.8 Å². The van der Waals surface area contributed by atoms with E-state index in [4.69, 9.17) is 0 Å². The van der Waals surface area contributed by atoms with Crippen LogP contribution in [-0.4, -0.2) is 23.3 Å². The van der Waals surface area contributed by atoms with Crippen molar-refractivity contribution in [3.8, 4) is 0 Å². The Bertz CT molecular complexity index is 1130. The summed E-state index contributed by atoms with van der Waals surface area (Å²) in [6.45, 7) is -0.159. The quantitative estimate of drug-likeness (QED) is 0.462. The van der Waals surface area contributed by atoms with Gasteiger partial charge in [-0.1, -0.05) is 18.2 Å². The number of nitro groups is 1. The van der Waals surface area contributed by atoms with Gasteiger partial charge in [-0.05, 0) is 54.4 Å². The van der Waals surface area contributed by atoms with Crippen molar-refractivity contribution in [2.45, 2.75) is 12.8 Å². The Morgan fingerprint density at radius 2 is 1.61 bits per heavy atom. The zero-order valence-electron chi connectivity index (χ0n) is 16.6. The first-order valence-electron chi connectivity index (χ1n) is 9.79. The highest BCUT2D eigenvalue weighted by Gasteiger charge is 2.27. The van der Waals surface area contributed by atoms with E-state index < -0.39 is 4.92 Å². The first kappa shape index (κ1) is 20.1. The summed E-state index contributed by atoms with van der Waals surface area (Å²) in [5.41, 5.74) is 3.66. The molecule has 1 aliphatic rings. The maximum atomic E-state index is 12.6. The number of non-ortho nitro benzene ring substituents is 1. The van der Waals surface area contributed by atoms with Crippen molar-refractivity contribution in [2.75, 3.05) is 22.1 Å². The highest BCUT2D eigenvalue weighted by molar-refractivity contribution is 6.04. The fraction of sp³-hybridized carbons (Fsp3) is 0.130. The molecule has 0 spiro atoms. The maximum Gasteiger partial charge on any atom is 0.269 e. The molecule has 1 heterocycles. The van der Waals surface area contributed by atoms with Gasteiger partial charge in [0.05, 0.1) is 4.92 Å². The number of aryl methyl sites for hydroxylation is 1. The minimum Gasteiger partial charge on any atom is -0.356 e. The zero-order chi connectivity index (χ0) is 21.8. The van der Waals surface area contributed by atoms with Crippen LogP contribution in [-0.2, 0) is 16.0 Å². The van der Waals surface area contributed by atoms with E-state index in [-0.39, 0.29) is 30.5 Å². The van der Waals surface area contributed by atoms with E-state index >= 15 is 0 Å². The smallest absolute Gasteiger partial charge is 0.269 e. The van der Waals surface area contributed by atoms with Crippen LogP contribution in [0.3, 0.4) is 0 Å². The van der Waals surface area contributed by atoms with Crippen molar-refractivity contribution >= 4 is 40.3 Å². The van der Waals surface area contributed by atoms with Crippen LogP contribution in [0.15, 0.2) is 72.8 Å². The first-order valence-corrected chi connectivity index (χ1v) is 9.79. The molecule has 2 N–H and O–H groups in total. The molecule has 1 aliphatic heterocycles. The molecule has 0 aliphatic carbocycles. The van der Waals surface area contributed by atoms with Gasteiger partial charge >= 0.3 is 0 Å². The number of fused-ring (bicyclic) bond motifs is 1. The number of benzene rings is 3. The van der Waals surface area contributed by atoms with Crippen LogP contribution >= 0.6 is 0 Å². The number of amides is 2. The summed E-state index contributed by atoms with van der Waals surface area (Å²) in [5.74, 6) is -0.526. The van der Waals surface area contributed by atoms with Crippen molar-refractivity contribution in [3.05, 3.63) is 88.5 Å². The predicted molar refractivity (Wildman–Crippen MR) is 119 cm³/mol. The molecule has 0 radical (unpaired) electrons. The number of anilines is 4. The van der Waals surface area contributed by atoms with E-state index in [1.54, 1.807) is 12.1 Å². The third-order valence-corrected chi connectivity index (χ3v) is 5.01. The molecule has 8 heteroatoms. The van der Waals surface area contributed by atoms with Crippen molar-refractivity contribution in [3.63, 3.8) is 0 Å². The minimum atomic E-state index is -0.468. The second-order valence-electron chi connectivity index (χ2n) is 7.17. The van der Waals surface area contributed by atoms with E-state index in [0.717, 1.165) is 11.4 Å². The van der Waals surface area contributed by atoms with Crippen LogP contribution in [0.1, 0.15) is 12.0 Å². The molecule has 0 fully saturated rings. The van der Waals surface area contributed by atoms with Crippen molar-refractivity contribution in [2.24, 2.45) is 0 Å². The lowest BCUT2D eigenvalue weighted by atomic mass is 10.0. The topological polar surface area (TPSA) is 105 Å². The molecule has 0 aromatic heterocycles. The van der Waals surface area contributed by atoms with Gasteiger partial charge in [0.25, 0.3) is 5.69 Å². The van der Waals surface area contributed by atoms with Crippen molar-refractivity contribution < 1.29 is 14.5 Å². The summed E-state index contributed by atoms with van der Waals surface area (Å²) < 4.78 is 0. The third-order valence-electron chi connectivity index (χ3n) is 5.01. The molecule has 156 valence electrons. The van der Waals surface area contributed by atoms with Gasteiger partial charge in [0, 0.05) is 41.3 Å². The summed E-state index contributed by atoms with van der Waals surface area (Å²) in [4.78, 5) is 36.9. The van der Waals surface area contributed by atoms with Crippen LogP contribution in [0.2, 0.25) is 0 Å². The van der Waals surface area contributed by atoms with Gasteiger partial charge in [0.15, 0.2) is 0 Å². The molecule has 3 aromatic carbocycles. The number of carbonyl (C=O) groups excluding carboxylic acids is 2. The summed E-state index contributed by atoms with van der Waals surface area (Å²) in [6, 6.07) is 21.3. The Hall–Kier alpha value is -4.20. The van der Waals surface area contributed by atoms with Crippen LogP contribution < -0.4 is 15.5 Å². The van der Waals surface area contributed by atoms with Gasteiger partial charge in [-0.2, -0.15) is 0 Å². The third kappa shape index (κ3) is 4.69. The molecule has 0 bridgehead atoms. The lowest BCUT2D eigenvalue weighted by Gasteiger charge is -2.28. The van der Waals surface area contributed by atoms with Gasteiger partial charge < -0.3 is 15.5 Å². The first-order chi connectivity index (χ1) is 15.0. The average Bonchev–Trinajstić information content (AvgIpc) is 2.77. The summed E-state index contributed by atoms with van der Waals surface area (Å²) >= 11 is 0. The van der Waals surface area contributed by atoms with Crippen LogP contribution in [0, 0.1) is 10.1 Å². The van der Waals surface area contributed by atoms with Gasteiger partial charge in [-0.3, -0.25) is 19.7 Å². The number of hydrogen-bond acceptors (Lipinski definition) is 5. The second-order valence-corrected chi connectivity index (χ2v) is 7.17. The molecular weight excluding hydrogens is 396 g/mol. The van der Waals surface area contributed by atoms with Crippen molar-refractivity contribution in [1.82, 2.24) is 0 Å². The summed E-state index contributed by atoms with van der Waals surface area (Å²) in [5, 5.41) is 17.1. The van der Waals surface area contributed by atoms with E-state index in [1.165, 1.54) is 23.1 Å². The average molecular weight is 416 g/mol. The number of nitrogens with zero attached hydrogens (tertiary/aromatic N) is 2. The van der Waals surface area contributed by atoms with Crippen LogP contribution in [0.5, 0.6) is 0 Å². The van der Waals surface area contributed by atoms with E-state index in [9.17, 15) is 19.7 Å². The standard InChI is InChI=1S/C23H20N4O4/c28-22(25-19-9-7-18(8-10-19)24-17-4-2-1-3-5-17)15-26-21-12-11-20(27(30)31)14-16(21)6-13-23(26)29/h1-5,7-12,14,24H,6,13,15H2,(H,25,28). The number of carbonyl (C=O) groups is 2. The molecule has 0 saturated carbocycles. The largest absolute Gasteiger partial charge is 0.356 e. The SMILES string of the molecule is O=C(CN1C(=O)CCc2cc([N+](=O)[O-])ccc21)Nc1ccc(Nc2ccccc2)cc1. The molecule has 0 unspecified atom stereocenters. The Morgan fingerprint density at radius 1 is 0.935 bits per heavy atom. The molecule has 2 amide bonds. The minimum absolute atomic E-state index is 0.0262. The van der Waals surface area contributed by atoms with Gasteiger partial charge in [-0.15, -0.1) is 0 Å².